The zero-order valence-corrected chi connectivity index (χ0v) is 13.9. The smallest absolute Gasteiger partial charge is 0.257 e. The summed E-state index contributed by atoms with van der Waals surface area (Å²) in [5.41, 5.74) is 7.92. The molecule has 2 aromatic rings. The maximum absolute atomic E-state index is 12.6. The number of aryl methyl sites for hydroxylation is 1. The molecule has 1 saturated carbocycles. The average molecular weight is 336 g/mol. The molecule has 0 bridgehead atoms. The average Bonchev–Trinajstić information content (AvgIpc) is 2.92. The van der Waals surface area contributed by atoms with Crippen LogP contribution in [0.3, 0.4) is 0 Å². The van der Waals surface area contributed by atoms with E-state index in [0.717, 1.165) is 31.2 Å². The van der Waals surface area contributed by atoms with E-state index in [-0.39, 0.29) is 30.4 Å². The molecule has 1 fully saturated rings. The van der Waals surface area contributed by atoms with Gasteiger partial charge in [-0.2, -0.15) is 0 Å². The number of halogens is 1. The van der Waals surface area contributed by atoms with Gasteiger partial charge in [-0.25, -0.2) is 0 Å². The Bertz CT molecular complexity index is 649. The van der Waals surface area contributed by atoms with Gasteiger partial charge < -0.3 is 15.6 Å². The van der Waals surface area contributed by atoms with Crippen molar-refractivity contribution in [3.63, 3.8) is 0 Å². The molecule has 5 nitrogen and oxygen atoms in total. The summed E-state index contributed by atoms with van der Waals surface area (Å²) in [7, 11) is 0. The van der Waals surface area contributed by atoms with Crippen molar-refractivity contribution in [2.45, 2.75) is 44.7 Å². The monoisotopic (exact) mass is 335 g/mol. The van der Waals surface area contributed by atoms with E-state index in [4.69, 9.17) is 10.3 Å². The molecular weight excluding hydrogens is 314 g/mol. The summed E-state index contributed by atoms with van der Waals surface area (Å²) in [4.78, 5) is 12.6. The minimum atomic E-state index is -0.113. The number of carbonyl (C=O) groups is 1. The Balaban J connectivity index is 0.00000192. The Labute approximate surface area is 142 Å². The van der Waals surface area contributed by atoms with Gasteiger partial charge in [0.15, 0.2) is 0 Å². The zero-order valence-electron chi connectivity index (χ0n) is 13.1. The van der Waals surface area contributed by atoms with Crippen LogP contribution in [0.15, 0.2) is 34.9 Å². The molecule has 0 aliphatic heterocycles. The zero-order chi connectivity index (χ0) is 15.5. The molecule has 3 rings (SSSR count). The highest BCUT2D eigenvalue weighted by Crippen LogP contribution is 2.26. The quantitative estimate of drug-likeness (QED) is 0.903. The number of amides is 1. The van der Waals surface area contributed by atoms with E-state index in [1.807, 2.05) is 30.3 Å². The molecule has 0 radical (unpaired) electrons. The highest BCUT2D eigenvalue weighted by molar-refractivity contribution is 6.00. The van der Waals surface area contributed by atoms with E-state index in [2.05, 4.69) is 10.5 Å². The van der Waals surface area contributed by atoms with Crippen molar-refractivity contribution in [1.29, 1.82) is 0 Å². The van der Waals surface area contributed by atoms with Crippen LogP contribution in [0, 0.1) is 6.92 Å². The summed E-state index contributed by atoms with van der Waals surface area (Å²) in [6, 6.07) is 10.1. The Morgan fingerprint density at radius 3 is 2.52 bits per heavy atom. The van der Waals surface area contributed by atoms with Gasteiger partial charge in [-0.1, -0.05) is 35.5 Å². The summed E-state index contributed by atoms with van der Waals surface area (Å²) in [5.74, 6) is 0.432. The van der Waals surface area contributed by atoms with Crippen LogP contribution >= 0.6 is 12.4 Å². The second kappa shape index (κ2) is 7.62. The summed E-state index contributed by atoms with van der Waals surface area (Å²) < 4.78 is 5.25. The van der Waals surface area contributed by atoms with E-state index >= 15 is 0 Å². The first-order valence-corrected chi connectivity index (χ1v) is 7.73. The van der Waals surface area contributed by atoms with Gasteiger partial charge in [0.2, 0.25) is 0 Å². The topological polar surface area (TPSA) is 81.2 Å². The fourth-order valence-electron chi connectivity index (χ4n) is 2.95. The molecule has 1 aliphatic carbocycles. The lowest BCUT2D eigenvalue weighted by Crippen LogP contribution is -2.40. The molecule has 0 unspecified atom stereocenters. The normalized spacial score (nSPS) is 20.6. The second-order valence-corrected chi connectivity index (χ2v) is 5.91. The van der Waals surface area contributed by atoms with Gasteiger partial charge in [-0.3, -0.25) is 4.79 Å². The standard InChI is InChI=1S/C17H21N3O2.ClH/c1-11-15(16(20-22-11)12-5-3-2-4-6-12)17(21)19-14-9-7-13(18)8-10-14;/h2-6,13-14H,7-10,18H2,1H3,(H,19,21);1H. The fourth-order valence-corrected chi connectivity index (χ4v) is 2.95. The number of aromatic nitrogens is 1. The first kappa shape index (κ1) is 17.5. The molecule has 3 N–H and O–H groups in total. The van der Waals surface area contributed by atoms with Crippen LogP contribution in [0.4, 0.5) is 0 Å². The fraction of sp³-hybridized carbons (Fsp3) is 0.412. The molecule has 0 spiro atoms. The predicted octanol–water partition coefficient (Wildman–Crippen LogP) is 3.07. The Kier molecular flexibility index (Phi) is 5.80. The van der Waals surface area contributed by atoms with E-state index in [1.165, 1.54) is 0 Å². The minimum absolute atomic E-state index is 0. The number of hydrogen-bond acceptors (Lipinski definition) is 4. The molecule has 1 amide bonds. The second-order valence-electron chi connectivity index (χ2n) is 5.91. The molecule has 1 aromatic carbocycles. The number of carbonyl (C=O) groups excluding carboxylic acids is 1. The number of benzene rings is 1. The van der Waals surface area contributed by atoms with Crippen LogP contribution in [0.5, 0.6) is 0 Å². The van der Waals surface area contributed by atoms with Crippen LogP contribution in [0.25, 0.3) is 11.3 Å². The van der Waals surface area contributed by atoms with E-state index < -0.39 is 0 Å². The van der Waals surface area contributed by atoms with Crippen LogP contribution in [-0.4, -0.2) is 23.1 Å². The summed E-state index contributed by atoms with van der Waals surface area (Å²) in [6.45, 7) is 1.77. The van der Waals surface area contributed by atoms with E-state index in [1.54, 1.807) is 6.92 Å². The van der Waals surface area contributed by atoms with Crippen molar-refractivity contribution < 1.29 is 9.32 Å². The maximum atomic E-state index is 12.6. The van der Waals surface area contributed by atoms with E-state index in [0.29, 0.717) is 17.0 Å². The highest BCUT2D eigenvalue weighted by atomic mass is 35.5. The Hall–Kier alpha value is -1.85. The SMILES string of the molecule is Cc1onc(-c2ccccc2)c1C(=O)NC1CCC(N)CC1.Cl. The van der Waals surface area contributed by atoms with Crippen LogP contribution < -0.4 is 11.1 Å². The first-order chi connectivity index (χ1) is 10.6. The molecule has 124 valence electrons. The van der Waals surface area contributed by atoms with E-state index in [9.17, 15) is 4.79 Å². The number of rotatable bonds is 3. The van der Waals surface area contributed by atoms with Crippen LogP contribution in [-0.2, 0) is 0 Å². The van der Waals surface area contributed by atoms with Crippen molar-refractivity contribution in [1.82, 2.24) is 10.5 Å². The summed E-state index contributed by atoms with van der Waals surface area (Å²) in [5, 5.41) is 7.15. The lowest BCUT2D eigenvalue weighted by atomic mass is 9.91. The van der Waals surface area contributed by atoms with Gasteiger partial charge in [-0.05, 0) is 32.6 Å². The molecule has 1 aliphatic rings. The number of nitrogens with two attached hydrogens (primary N) is 1. The molecule has 0 atom stereocenters. The van der Waals surface area contributed by atoms with Crippen LogP contribution in [0.2, 0.25) is 0 Å². The van der Waals surface area contributed by atoms with Crippen molar-refractivity contribution in [3.05, 3.63) is 41.7 Å². The number of hydrogen-bond donors (Lipinski definition) is 2. The lowest BCUT2D eigenvalue weighted by molar-refractivity contribution is 0.0925. The van der Waals surface area contributed by atoms with Gasteiger partial charge in [0.1, 0.15) is 17.0 Å². The highest BCUT2D eigenvalue weighted by Gasteiger charge is 2.25. The van der Waals surface area contributed by atoms with Crippen LogP contribution in [0.1, 0.15) is 41.8 Å². The number of nitrogens with one attached hydrogen (secondary N) is 1. The van der Waals surface area contributed by atoms with Gasteiger partial charge >= 0.3 is 0 Å². The molecule has 1 aromatic heterocycles. The number of nitrogens with zero attached hydrogens (tertiary/aromatic N) is 1. The lowest BCUT2D eigenvalue weighted by Gasteiger charge is -2.26. The Morgan fingerprint density at radius 1 is 1.22 bits per heavy atom. The molecular formula is C17H22ClN3O2. The molecule has 23 heavy (non-hydrogen) atoms. The van der Waals surface area contributed by atoms with Crippen molar-refractivity contribution in [2.24, 2.45) is 5.73 Å². The molecule has 1 heterocycles. The third-order valence-corrected chi connectivity index (χ3v) is 4.24. The maximum Gasteiger partial charge on any atom is 0.257 e. The predicted molar refractivity (Wildman–Crippen MR) is 91.6 cm³/mol. The third kappa shape index (κ3) is 3.92. The van der Waals surface area contributed by atoms with Gasteiger partial charge in [0.25, 0.3) is 5.91 Å². The minimum Gasteiger partial charge on any atom is -0.360 e. The van der Waals surface area contributed by atoms with Gasteiger partial charge in [0.05, 0.1) is 0 Å². The summed E-state index contributed by atoms with van der Waals surface area (Å²) >= 11 is 0. The van der Waals surface area contributed by atoms with Gasteiger partial charge in [0, 0.05) is 17.6 Å². The van der Waals surface area contributed by atoms with Crippen molar-refractivity contribution >= 4 is 18.3 Å². The first-order valence-electron chi connectivity index (χ1n) is 7.73. The molecule has 6 heteroatoms. The molecule has 0 saturated heterocycles. The van der Waals surface area contributed by atoms with Crippen molar-refractivity contribution in [3.8, 4) is 11.3 Å². The largest absolute Gasteiger partial charge is 0.360 e. The Morgan fingerprint density at radius 2 is 1.87 bits per heavy atom. The van der Waals surface area contributed by atoms with Crippen molar-refractivity contribution in [2.75, 3.05) is 0 Å². The van der Waals surface area contributed by atoms with Gasteiger partial charge in [-0.15, -0.1) is 12.4 Å². The third-order valence-electron chi connectivity index (χ3n) is 4.24. The summed E-state index contributed by atoms with van der Waals surface area (Å²) in [6.07, 6.45) is 3.77.